The Hall–Kier alpha value is -1.62. The Morgan fingerprint density at radius 3 is 2.56 bits per heavy atom. The third-order valence-electron chi connectivity index (χ3n) is 3.11. The molecule has 0 bridgehead atoms. The first kappa shape index (κ1) is 19.7. The van der Waals surface area contributed by atoms with E-state index in [-0.39, 0.29) is 11.5 Å². The van der Waals surface area contributed by atoms with Crippen LogP contribution in [0.5, 0.6) is 5.75 Å². The number of hydrogen-bond donors (Lipinski definition) is 0. The maximum atomic E-state index is 12.3. The number of benzene rings is 2. The molecule has 0 saturated carbocycles. The molecule has 0 aliphatic rings. The van der Waals surface area contributed by atoms with Crippen LogP contribution in [0.1, 0.15) is 11.1 Å². The van der Waals surface area contributed by atoms with Gasteiger partial charge in [-0.15, -0.1) is 0 Å². The minimum Gasteiger partial charge on any atom is -0.480 e. The molecule has 0 spiro atoms. The van der Waals surface area contributed by atoms with E-state index in [0.717, 1.165) is 10.0 Å². The Bertz CT molecular complexity index is 927. The molecule has 0 heterocycles. The molecule has 0 fully saturated rings. The Morgan fingerprint density at radius 1 is 1.16 bits per heavy atom. The fourth-order valence-electron chi connectivity index (χ4n) is 1.86. The van der Waals surface area contributed by atoms with Crippen molar-refractivity contribution in [3.63, 3.8) is 0 Å². The summed E-state index contributed by atoms with van der Waals surface area (Å²) in [6, 6.07) is 11.8. The van der Waals surface area contributed by atoms with Gasteiger partial charge in [-0.25, -0.2) is 0 Å². The van der Waals surface area contributed by atoms with Gasteiger partial charge in [-0.3, -0.25) is 0 Å². The second kappa shape index (κ2) is 9.18. The van der Waals surface area contributed by atoms with E-state index in [0.29, 0.717) is 16.6 Å². The lowest BCUT2D eigenvalue weighted by atomic mass is 10.2. The molecule has 25 heavy (non-hydrogen) atoms. The van der Waals surface area contributed by atoms with Crippen LogP contribution in [0, 0.1) is 18.8 Å². The van der Waals surface area contributed by atoms with Crippen molar-refractivity contribution in [2.75, 3.05) is 11.9 Å². The van der Waals surface area contributed by atoms with Crippen LogP contribution in [0.4, 0.5) is 0 Å². The highest BCUT2D eigenvalue weighted by Crippen LogP contribution is 2.22. The van der Waals surface area contributed by atoms with Gasteiger partial charge in [0.1, 0.15) is 12.4 Å². The van der Waals surface area contributed by atoms with Crippen LogP contribution in [0.3, 0.4) is 0 Å². The molecule has 0 aliphatic carbocycles. The van der Waals surface area contributed by atoms with E-state index in [1.807, 2.05) is 6.92 Å². The van der Waals surface area contributed by atoms with E-state index in [1.54, 1.807) is 30.3 Å². The summed E-state index contributed by atoms with van der Waals surface area (Å²) in [6.45, 7) is 2.10. The fourth-order valence-corrected chi connectivity index (χ4v) is 3.29. The zero-order chi connectivity index (χ0) is 18.3. The molecule has 0 aliphatic heterocycles. The number of aryl methyl sites for hydroxylation is 1. The number of hydrogen-bond acceptors (Lipinski definition) is 3. The van der Waals surface area contributed by atoms with Gasteiger partial charge in [0.15, 0.2) is 0 Å². The summed E-state index contributed by atoms with van der Waals surface area (Å²) in [6.07, 6.45) is 1.28. The van der Waals surface area contributed by atoms with Crippen molar-refractivity contribution in [2.24, 2.45) is 4.40 Å². The van der Waals surface area contributed by atoms with Gasteiger partial charge < -0.3 is 4.74 Å². The van der Waals surface area contributed by atoms with E-state index in [2.05, 4.69) is 48.1 Å². The Kier molecular flexibility index (Phi) is 7.24. The standard InChI is InChI=1S/C18H15Br2NO3S/c1-14-4-7-17(8-5-14)25(22,23)21-13-15-12-16(20)6-9-18(15)24-11-3-2-10-19/h4-9,12-13H,10-11H2,1H3/b21-13+. The van der Waals surface area contributed by atoms with Gasteiger partial charge in [-0.05, 0) is 37.3 Å². The van der Waals surface area contributed by atoms with E-state index < -0.39 is 10.0 Å². The molecule has 0 saturated heterocycles. The number of alkyl halides is 1. The maximum Gasteiger partial charge on any atom is 0.282 e. The predicted octanol–water partition coefficient (Wildman–Crippen LogP) is 4.34. The number of halogens is 2. The third-order valence-corrected chi connectivity index (χ3v) is 5.14. The summed E-state index contributed by atoms with van der Waals surface area (Å²) in [7, 11) is -3.77. The van der Waals surface area contributed by atoms with Gasteiger partial charge in [0.05, 0.1) is 16.4 Å². The number of sulfonamides is 1. The quantitative estimate of drug-likeness (QED) is 0.360. The van der Waals surface area contributed by atoms with E-state index in [9.17, 15) is 8.42 Å². The van der Waals surface area contributed by atoms with E-state index >= 15 is 0 Å². The van der Waals surface area contributed by atoms with Crippen LogP contribution in [-0.4, -0.2) is 26.6 Å². The first-order valence-corrected chi connectivity index (χ1v) is 10.6. The van der Waals surface area contributed by atoms with Gasteiger partial charge in [0.25, 0.3) is 10.0 Å². The maximum absolute atomic E-state index is 12.3. The van der Waals surface area contributed by atoms with Crippen molar-refractivity contribution >= 4 is 48.1 Å². The molecular weight excluding hydrogens is 470 g/mol. The average molecular weight is 485 g/mol. The highest BCUT2D eigenvalue weighted by Gasteiger charge is 2.12. The highest BCUT2D eigenvalue weighted by atomic mass is 79.9. The zero-order valence-corrected chi connectivity index (χ0v) is 17.4. The van der Waals surface area contributed by atoms with Crippen LogP contribution in [0.2, 0.25) is 0 Å². The van der Waals surface area contributed by atoms with Gasteiger partial charge in [0.2, 0.25) is 0 Å². The second-order valence-electron chi connectivity index (χ2n) is 4.98. The minimum atomic E-state index is -3.77. The van der Waals surface area contributed by atoms with E-state index in [4.69, 9.17) is 4.74 Å². The summed E-state index contributed by atoms with van der Waals surface area (Å²) >= 11 is 6.57. The second-order valence-corrected chi connectivity index (χ2v) is 8.09. The molecular formula is C18H15Br2NO3S. The van der Waals surface area contributed by atoms with Gasteiger partial charge in [-0.2, -0.15) is 12.8 Å². The summed E-state index contributed by atoms with van der Waals surface area (Å²) in [4.78, 5) is 0.148. The van der Waals surface area contributed by atoms with Crippen molar-refractivity contribution in [1.29, 1.82) is 0 Å². The molecule has 0 atom stereocenters. The lowest BCUT2D eigenvalue weighted by molar-refractivity contribution is 0.369. The molecule has 0 N–H and O–H groups in total. The largest absolute Gasteiger partial charge is 0.480 e. The topological polar surface area (TPSA) is 55.7 Å². The van der Waals surface area contributed by atoms with Crippen molar-refractivity contribution in [3.8, 4) is 17.6 Å². The van der Waals surface area contributed by atoms with E-state index in [1.165, 1.54) is 18.3 Å². The molecule has 2 aromatic rings. The van der Waals surface area contributed by atoms with Crippen molar-refractivity contribution in [1.82, 2.24) is 0 Å². The van der Waals surface area contributed by atoms with Crippen LogP contribution in [-0.2, 0) is 10.0 Å². The molecule has 0 unspecified atom stereocenters. The smallest absolute Gasteiger partial charge is 0.282 e. The number of ether oxygens (including phenoxy) is 1. The molecule has 0 radical (unpaired) electrons. The molecule has 130 valence electrons. The van der Waals surface area contributed by atoms with Gasteiger partial charge >= 0.3 is 0 Å². The highest BCUT2D eigenvalue weighted by molar-refractivity contribution is 9.10. The molecule has 0 aromatic heterocycles. The molecule has 7 heteroatoms. The SMILES string of the molecule is Cc1ccc(S(=O)(=O)/N=C/c2cc(Br)ccc2OCC#CCBr)cc1. The van der Waals surface area contributed by atoms with Crippen molar-refractivity contribution in [2.45, 2.75) is 11.8 Å². The summed E-state index contributed by atoms with van der Waals surface area (Å²) in [5.74, 6) is 6.18. The Labute approximate surface area is 164 Å². The molecule has 2 rings (SSSR count). The number of rotatable bonds is 5. The van der Waals surface area contributed by atoms with Gasteiger partial charge in [0, 0.05) is 10.0 Å². The molecule has 4 nitrogen and oxygen atoms in total. The Morgan fingerprint density at radius 2 is 1.88 bits per heavy atom. The zero-order valence-electron chi connectivity index (χ0n) is 13.4. The first-order chi connectivity index (χ1) is 11.9. The van der Waals surface area contributed by atoms with Crippen LogP contribution in [0.15, 0.2) is 56.2 Å². The summed E-state index contributed by atoms with van der Waals surface area (Å²) in [5, 5.41) is 0.569. The minimum absolute atomic E-state index is 0.148. The molecule has 0 amide bonds. The van der Waals surface area contributed by atoms with Crippen molar-refractivity contribution < 1.29 is 13.2 Å². The predicted molar refractivity (Wildman–Crippen MR) is 107 cm³/mol. The van der Waals surface area contributed by atoms with Gasteiger partial charge in [-0.1, -0.05) is 61.4 Å². The van der Waals surface area contributed by atoms with Crippen LogP contribution >= 0.6 is 31.9 Å². The molecule has 2 aromatic carbocycles. The third kappa shape index (κ3) is 5.99. The lowest BCUT2D eigenvalue weighted by Gasteiger charge is -2.07. The van der Waals surface area contributed by atoms with Crippen LogP contribution in [0.25, 0.3) is 0 Å². The summed E-state index contributed by atoms with van der Waals surface area (Å²) in [5.41, 5.74) is 1.53. The monoisotopic (exact) mass is 483 g/mol. The first-order valence-electron chi connectivity index (χ1n) is 7.23. The van der Waals surface area contributed by atoms with Crippen LogP contribution < -0.4 is 4.74 Å². The number of nitrogens with zero attached hydrogens (tertiary/aromatic N) is 1. The normalized spacial score (nSPS) is 11.2. The Balaban J connectivity index is 2.27. The lowest BCUT2D eigenvalue weighted by Crippen LogP contribution is -2.01. The summed E-state index contributed by atoms with van der Waals surface area (Å²) < 4.78 is 34.8. The average Bonchev–Trinajstić information content (AvgIpc) is 2.59. The van der Waals surface area contributed by atoms with Crippen molar-refractivity contribution in [3.05, 3.63) is 58.1 Å². The fraction of sp³-hybridized carbons (Fsp3) is 0.167.